The second kappa shape index (κ2) is 12.1. The number of benzene rings is 2. The molecular formula is C18H14Ag2Cl4N2O. The maximum atomic E-state index is 6.37. The van der Waals surface area contributed by atoms with Gasteiger partial charge in [0.25, 0.3) is 0 Å². The number of halogens is 4. The van der Waals surface area contributed by atoms with Gasteiger partial charge < -0.3 is 9.30 Å². The van der Waals surface area contributed by atoms with Crippen LogP contribution in [0.1, 0.15) is 17.2 Å². The van der Waals surface area contributed by atoms with E-state index in [1.54, 1.807) is 36.8 Å². The first-order chi connectivity index (χ1) is 12.0. The predicted molar refractivity (Wildman–Crippen MR) is 103 cm³/mol. The van der Waals surface area contributed by atoms with Crippen LogP contribution >= 0.6 is 46.4 Å². The van der Waals surface area contributed by atoms with Gasteiger partial charge in [0.2, 0.25) is 0 Å². The van der Waals surface area contributed by atoms with E-state index in [2.05, 4.69) is 4.98 Å². The van der Waals surface area contributed by atoms with Crippen molar-refractivity contribution in [1.82, 2.24) is 9.55 Å². The van der Waals surface area contributed by atoms with Gasteiger partial charge in [0.05, 0.1) is 19.5 Å². The number of hydrogen-bond acceptors (Lipinski definition) is 2. The molecule has 0 aliphatic rings. The van der Waals surface area contributed by atoms with Gasteiger partial charge in [-0.15, -0.1) is 0 Å². The van der Waals surface area contributed by atoms with Gasteiger partial charge in [0, 0.05) is 82.8 Å². The summed E-state index contributed by atoms with van der Waals surface area (Å²) < 4.78 is 8.05. The maximum Gasteiger partial charge on any atom is 0.102 e. The SMILES string of the molecule is Clc1ccc(COC(Cn2ccnc2)c2ccc(Cl)cc2Cl)c(Cl)c1.[Ag].[Ag]. The fourth-order valence-corrected chi connectivity index (χ4v) is 3.41. The standard InChI is InChI=1S/C18H14Cl4N2O.2Ag/c19-13-2-1-12(16(21)7-13)10-25-18(9-24-6-5-23-11-24)15-4-3-14(20)8-17(15)22;;/h1-8,11,18H,9-10H2;;. The Labute approximate surface area is 209 Å². The van der Waals surface area contributed by atoms with Crippen molar-refractivity contribution in [2.24, 2.45) is 0 Å². The smallest absolute Gasteiger partial charge is 0.102 e. The summed E-state index contributed by atoms with van der Waals surface area (Å²) >= 11 is 24.5. The zero-order chi connectivity index (χ0) is 17.8. The van der Waals surface area contributed by atoms with Crippen LogP contribution < -0.4 is 0 Å². The van der Waals surface area contributed by atoms with E-state index in [1.807, 2.05) is 22.9 Å². The minimum absolute atomic E-state index is 0. The fourth-order valence-electron chi connectivity index (χ4n) is 2.42. The molecule has 3 aromatic rings. The Kier molecular flexibility index (Phi) is 11.3. The molecule has 0 fully saturated rings. The van der Waals surface area contributed by atoms with E-state index in [1.165, 1.54) is 0 Å². The molecule has 2 radical (unpaired) electrons. The van der Waals surface area contributed by atoms with Crippen molar-refractivity contribution in [2.45, 2.75) is 19.3 Å². The molecule has 0 aliphatic heterocycles. The zero-order valence-electron chi connectivity index (χ0n) is 13.6. The Morgan fingerprint density at radius 1 is 0.926 bits per heavy atom. The molecule has 3 nitrogen and oxygen atoms in total. The average Bonchev–Trinajstić information content (AvgIpc) is 3.06. The molecule has 0 saturated carbocycles. The summed E-state index contributed by atoms with van der Waals surface area (Å²) in [5, 5.41) is 2.29. The second-order valence-corrected chi connectivity index (χ2v) is 7.15. The van der Waals surface area contributed by atoms with Crippen molar-refractivity contribution in [3.05, 3.63) is 86.3 Å². The summed E-state index contributed by atoms with van der Waals surface area (Å²) in [4.78, 5) is 4.07. The molecule has 0 aliphatic carbocycles. The van der Waals surface area contributed by atoms with Crippen LogP contribution in [0.3, 0.4) is 0 Å². The van der Waals surface area contributed by atoms with Gasteiger partial charge >= 0.3 is 0 Å². The molecule has 2 aromatic carbocycles. The molecule has 1 heterocycles. The van der Waals surface area contributed by atoms with Crippen LogP contribution in [-0.4, -0.2) is 9.55 Å². The molecule has 1 unspecified atom stereocenters. The molecule has 152 valence electrons. The molecule has 1 aromatic heterocycles. The Balaban J connectivity index is 0.00000182. The van der Waals surface area contributed by atoms with Crippen LogP contribution in [-0.2, 0) is 62.6 Å². The molecule has 0 spiro atoms. The number of aromatic nitrogens is 2. The third-order valence-corrected chi connectivity index (χ3v) is 4.85. The quantitative estimate of drug-likeness (QED) is 0.293. The minimum atomic E-state index is -0.286. The third-order valence-electron chi connectivity index (χ3n) is 3.70. The molecule has 0 amide bonds. The topological polar surface area (TPSA) is 27.1 Å². The summed E-state index contributed by atoms with van der Waals surface area (Å²) in [6.07, 6.45) is 5.03. The molecule has 3 rings (SSSR count). The number of ether oxygens (including phenoxy) is 1. The molecule has 0 N–H and O–H groups in total. The van der Waals surface area contributed by atoms with Gasteiger partial charge in [-0.05, 0) is 29.8 Å². The Hall–Kier alpha value is 0.251. The first-order valence-corrected chi connectivity index (χ1v) is 9.00. The molecule has 9 heteroatoms. The summed E-state index contributed by atoms with van der Waals surface area (Å²) in [7, 11) is 0. The van der Waals surface area contributed by atoms with Crippen LogP contribution in [0.2, 0.25) is 20.1 Å². The van der Waals surface area contributed by atoms with Crippen molar-refractivity contribution in [2.75, 3.05) is 0 Å². The summed E-state index contributed by atoms with van der Waals surface area (Å²) in [6.45, 7) is 0.890. The monoisotopic (exact) mass is 628 g/mol. The van der Waals surface area contributed by atoms with E-state index in [4.69, 9.17) is 51.1 Å². The van der Waals surface area contributed by atoms with Crippen LogP contribution in [0.15, 0.2) is 55.1 Å². The van der Waals surface area contributed by atoms with Gasteiger partial charge in [-0.3, -0.25) is 0 Å². The number of hydrogen-bond donors (Lipinski definition) is 0. The number of rotatable bonds is 6. The summed E-state index contributed by atoms with van der Waals surface area (Å²) in [5.74, 6) is 0. The van der Waals surface area contributed by atoms with Gasteiger partial charge in [0.1, 0.15) is 6.10 Å². The van der Waals surface area contributed by atoms with Crippen molar-refractivity contribution >= 4 is 46.4 Å². The first kappa shape index (κ1) is 25.3. The third kappa shape index (κ3) is 7.22. The van der Waals surface area contributed by atoms with E-state index < -0.39 is 0 Å². The van der Waals surface area contributed by atoms with E-state index in [0.717, 1.165) is 11.1 Å². The Bertz CT molecular complexity index is 863. The van der Waals surface area contributed by atoms with Crippen molar-refractivity contribution < 1.29 is 49.5 Å². The summed E-state index contributed by atoms with van der Waals surface area (Å²) in [5.41, 5.74) is 1.71. The average molecular weight is 632 g/mol. The van der Waals surface area contributed by atoms with Crippen LogP contribution in [0.25, 0.3) is 0 Å². The Morgan fingerprint density at radius 2 is 1.59 bits per heavy atom. The molecule has 27 heavy (non-hydrogen) atoms. The van der Waals surface area contributed by atoms with E-state index in [9.17, 15) is 0 Å². The van der Waals surface area contributed by atoms with E-state index >= 15 is 0 Å². The van der Waals surface area contributed by atoms with Crippen molar-refractivity contribution in [3.8, 4) is 0 Å². The minimum Gasteiger partial charge on any atom is -0.367 e. The van der Waals surface area contributed by atoms with Crippen LogP contribution in [0.5, 0.6) is 0 Å². The number of imidazole rings is 1. The second-order valence-electron chi connectivity index (χ2n) is 5.46. The summed E-state index contributed by atoms with van der Waals surface area (Å²) in [6, 6.07) is 10.7. The predicted octanol–water partition coefficient (Wildman–Crippen LogP) is 6.45. The maximum absolute atomic E-state index is 6.37. The first-order valence-electron chi connectivity index (χ1n) is 7.49. The number of nitrogens with zero attached hydrogens (tertiary/aromatic N) is 2. The zero-order valence-corrected chi connectivity index (χ0v) is 19.6. The Morgan fingerprint density at radius 3 is 2.19 bits per heavy atom. The van der Waals surface area contributed by atoms with Crippen molar-refractivity contribution in [3.63, 3.8) is 0 Å². The fraction of sp³-hybridized carbons (Fsp3) is 0.167. The van der Waals surface area contributed by atoms with Crippen LogP contribution in [0.4, 0.5) is 0 Å². The van der Waals surface area contributed by atoms with Gasteiger partial charge in [-0.2, -0.15) is 0 Å². The molecule has 0 bridgehead atoms. The van der Waals surface area contributed by atoms with E-state index in [-0.39, 0.29) is 50.9 Å². The van der Waals surface area contributed by atoms with Gasteiger partial charge in [-0.1, -0.05) is 58.5 Å². The van der Waals surface area contributed by atoms with Crippen LogP contribution in [0, 0.1) is 0 Å². The normalized spacial score (nSPS) is 11.4. The molecule has 0 saturated heterocycles. The largest absolute Gasteiger partial charge is 0.367 e. The molecule has 1 atom stereocenters. The van der Waals surface area contributed by atoms with E-state index in [0.29, 0.717) is 33.2 Å². The van der Waals surface area contributed by atoms with Gasteiger partial charge in [-0.25, -0.2) is 4.98 Å². The van der Waals surface area contributed by atoms with Crippen molar-refractivity contribution in [1.29, 1.82) is 0 Å². The molecular weight excluding hydrogens is 618 g/mol. The van der Waals surface area contributed by atoms with Gasteiger partial charge in [0.15, 0.2) is 0 Å².